The lowest BCUT2D eigenvalue weighted by molar-refractivity contribution is 1.50. The minimum Gasteiger partial charge on any atom is -0.398 e. The van der Waals surface area contributed by atoms with Gasteiger partial charge < -0.3 is 11.1 Å². The van der Waals surface area contributed by atoms with Crippen molar-refractivity contribution in [1.29, 1.82) is 5.41 Å². The van der Waals surface area contributed by atoms with E-state index in [-0.39, 0.29) is 0 Å². The maximum atomic E-state index is 7.51. The van der Waals surface area contributed by atoms with E-state index in [1.54, 1.807) is 0 Å². The van der Waals surface area contributed by atoms with Gasteiger partial charge in [-0.1, -0.05) is 60.7 Å². The van der Waals surface area contributed by atoms with E-state index in [9.17, 15) is 0 Å². The summed E-state index contributed by atoms with van der Waals surface area (Å²) >= 11 is 0. The van der Waals surface area contributed by atoms with Crippen LogP contribution in [0.25, 0.3) is 11.3 Å². The highest BCUT2D eigenvalue weighted by atomic mass is 14.6. The first-order valence-corrected chi connectivity index (χ1v) is 5.44. The lowest BCUT2D eigenvalue weighted by Crippen LogP contribution is -2.02. The molecule has 0 aliphatic carbocycles. The molecule has 0 fully saturated rings. The van der Waals surface area contributed by atoms with Gasteiger partial charge in [0.2, 0.25) is 0 Å². The van der Waals surface area contributed by atoms with Crippen molar-refractivity contribution in [2.45, 2.75) is 0 Å². The molecule has 0 aliphatic rings. The van der Waals surface area contributed by atoms with E-state index < -0.39 is 0 Å². The minimum absolute atomic E-state index is 0.631. The molecule has 0 saturated carbocycles. The van der Waals surface area contributed by atoms with E-state index in [0.29, 0.717) is 5.70 Å². The molecule has 2 rings (SSSR count). The number of hydrogen-bond acceptors (Lipinski definition) is 2. The Kier molecular flexibility index (Phi) is 3.36. The predicted molar refractivity (Wildman–Crippen MR) is 72.7 cm³/mol. The van der Waals surface area contributed by atoms with Crippen molar-refractivity contribution >= 4 is 17.5 Å². The second-order valence-corrected chi connectivity index (χ2v) is 3.70. The molecule has 0 unspecified atom stereocenters. The Hall–Kier alpha value is -2.35. The molecule has 2 nitrogen and oxygen atoms in total. The molecule has 0 bridgehead atoms. The van der Waals surface area contributed by atoms with Gasteiger partial charge in [-0.15, -0.1) is 0 Å². The zero-order valence-electron chi connectivity index (χ0n) is 9.43. The average molecular weight is 222 g/mol. The second kappa shape index (κ2) is 5.12. The van der Waals surface area contributed by atoms with Gasteiger partial charge in [-0.05, 0) is 11.1 Å². The Morgan fingerprint density at radius 1 is 0.824 bits per heavy atom. The van der Waals surface area contributed by atoms with Gasteiger partial charge in [0.1, 0.15) is 0 Å². The van der Waals surface area contributed by atoms with E-state index in [4.69, 9.17) is 11.1 Å². The quantitative estimate of drug-likeness (QED) is 0.608. The fraction of sp³-hybridized carbons (Fsp3) is 0. The molecule has 3 N–H and O–H groups in total. The zero-order chi connectivity index (χ0) is 12.1. The molecule has 17 heavy (non-hydrogen) atoms. The maximum Gasteiger partial charge on any atom is 0.0482 e. The number of rotatable bonds is 3. The van der Waals surface area contributed by atoms with Crippen LogP contribution in [0.4, 0.5) is 0 Å². The summed E-state index contributed by atoms with van der Waals surface area (Å²) in [5, 5.41) is 7.51. The molecule has 0 aliphatic heterocycles. The summed E-state index contributed by atoms with van der Waals surface area (Å²) in [4.78, 5) is 0. The fourth-order valence-corrected chi connectivity index (χ4v) is 1.71. The van der Waals surface area contributed by atoms with Gasteiger partial charge >= 0.3 is 0 Å². The molecular formula is C15H14N2. The number of benzene rings is 2. The second-order valence-electron chi connectivity index (χ2n) is 3.70. The molecule has 0 spiro atoms. The van der Waals surface area contributed by atoms with Gasteiger partial charge in [0, 0.05) is 17.5 Å². The third-order valence-electron chi connectivity index (χ3n) is 2.60. The van der Waals surface area contributed by atoms with Gasteiger partial charge in [-0.2, -0.15) is 0 Å². The van der Waals surface area contributed by atoms with Gasteiger partial charge in [0.25, 0.3) is 0 Å². The predicted octanol–water partition coefficient (Wildman–Crippen LogP) is 3.16. The molecule has 2 aromatic carbocycles. The number of nitrogens with two attached hydrogens (primary N) is 1. The van der Waals surface area contributed by atoms with Crippen molar-refractivity contribution in [2.75, 3.05) is 0 Å². The average Bonchev–Trinajstić information content (AvgIpc) is 2.42. The van der Waals surface area contributed by atoms with Crippen LogP contribution >= 0.6 is 0 Å². The summed E-state index contributed by atoms with van der Waals surface area (Å²) < 4.78 is 0. The monoisotopic (exact) mass is 222 g/mol. The minimum atomic E-state index is 0.631. The van der Waals surface area contributed by atoms with Crippen molar-refractivity contribution in [3.63, 3.8) is 0 Å². The van der Waals surface area contributed by atoms with Gasteiger partial charge in [0.05, 0.1) is 0 Å². The standard InChI is InChI=1S/C15H14N2/c16-11-14(12-7-3-1-4-8-12)15(17)13-9-5-2-6-10-13/h1-11,16H,17H2. The smallest absolute Gasteiger partial charge is 0.0482 e. The Morgan fingerprint density at radius 3 is 1.76 bits per heavy atom. The Labute approximate surface area is 101 Å². The molecule has 0 radical (unpaired) electrons. The van der Waals surface area contributed by atoms with Crippen molar-refractivity contribution in [3.05, 3.63) is 71.8 Å². The van der Waals surface area contributed by atoms with Crippen molar-refractivity contribution in [3.8, 4) is 0 Å². The molecule has 2 heteroatoms. The van der Waals surface area contributed by atoms with E-state index >= 15 is 0 Å². The molecule has 84 valence electrons. The molecule has 0 amide bonds. The Balaban J connectivity index is 2.52. The molecule has 0 heterocycles. The summed E-state index contributed by atoms with van der Waals surface area (Å²) in [7, 11) is 0. The van der Waals surface area contributed by atoms with E-state index in [1.807, 2.05) is 60.7 Å². The molecule has 0 atom stereocenters. The Bertz CT molecular complexity index is 527. The number of hydrogen-bond donors (Lipinski definition) is 2. The summed E-state index contributed by atoms with van der Waals surface area (Å²) in [6.45, 7) is 0. The highest BCUT2D eigenvalue weighted by Gasteiger charge is 2.05. The zero-order valence-corrected chi connectivity index (χ0v) is 9.43. The third kappa shape index (κ3) is 2.42. The van der Waals surface area contributed by atoms with Crippen molar-refractivity contribution in [1.82, 2.24) is 0 Å². The summed E-state index contributed by atoms with van der Waals surface area (Å²) in [6, 6.07) is 19.5. The van der Waals surface area contributed by atoms with Crippen LogP contribution in [0.5, 0.6) is 0 Å². The molecule has 2 aromatic rings. The van der Waals surface area contributed by atoms with E-state index in [2.05, 4.69) is 0 Å². The first kappa shape index (κ1) is 11.1. The Morgan fingerprint density at radius 2 is 1.29 bits per heavy atom. The third-order valence-corrected chi connectivity index (χ3v) is 2.60. The largest absolute Gasteiger partial charge is 0.398 e. The highest BCUT2D eigenvalue weighted by molar-refractivity contribution is 6.17. The van der Waals surface area contributed by atoms with Crippen LogP contribution < -0.4 is 5.73 Å². The van der Waals surface area contributed by atoms with Crippen LogP contribution in [-0.4, -0.2) is 6.21 Å². The highest BCUT2D eigenvalue weighted by Crippen LogP contribution is 2.20. The van der Waals surface area contributed by atoms with Crippen LogP contribution in [0.2, 0.25) is 0 Å². The van der Waals surface area contributed by atoms with E-state index in [0.717, 1.165) is 16.7 Å². The maximum absolute atomic E-state index is 7.51. The van der Waals surface area contributed by atoms with E-state index in [1.165, 1.54) is 6.21 Å². The first-order chi connectivity index (χ1) is 8.33. The lowest BCUT2D eigenvalue weighted by Gasteiger charge is -2.08. The molecular weight excluding hydrogens is 208 g/mol. The summed E-state index contributed by atoms with van der Waals surface area (Å²) in [6.07, 6.45) is 1.30. The van der Waals surface area contributed by atoms with Gasteiger partial charge in [-0.25, -0.2) is 0 Å². The summed E-state index contributed by atoms with van der Waals surface area (Å²) in [5.74, 6) is 0. The lowest BCUT2D eigenvalue weighted by atomic mass is 10.0. The molecule has 0 aromatic heterocycles. The van der Waals surface area contributed by atoms with Crippen LogP contribution in [0.1, 0.15) is 11.1 Å². The van der Waals surface area contributed by atoms with Crippen LogP contribution in [0.15, 0.2) is 60.7 Å². The number of nitrogens with one attached hydrogen (secondary N) is 1. The van der Waals surface area contributed by atoms with Crippen molar-refractivity contribution < 1.29 is 0 Å². The van der Waals surface area contributed by atoms with Crippen LogP contribution in [0, 0.1) is 5.41 Å². The van der Waals surface area contributed by atoms with Gasteiger partial charge in [0.15, 0.2) is 0 Å². The topological polar surface area (TPSA) is 49.9 Å². The van der Waals surface area contributed by atoms with Gasteiger partial charge in [-0.3, -0.25) is 0 Å². The SMILES string of the molecule is N=CC(=C(N)c1ccccc1)c1ccccc1. The van der Waals surface area contributed by atoms with Crippen molar-refractivity contribution in [2.24, 2.45) is 5.73 Å². The normalized spacial score (nSPS) is 11.8. The molecule has 0 saturated heterocycles. The van der Waals surface area contributed by atoms with Crippen LogP contribution in [-0.2, 0) is 0 Å². The number of allylic oxidation sites excluding steroid dienone is 1. The summed E-state index contributed by atoms with van der Waals surface area (Å²) in [5.41, 5.74) is 9.39. The van der Waals surface area contributed by atoms with Crippen LogP contribution in [0.3, 0.4) is 0 Å². The fourth-order valence-electron chi connectivity index (χ4n) is 1.71. The first-order valence-electron chi connectivity index (χ1n) is 5.44.